The van der Waals surface area contributed by atoms with Gasteiger partial charge in [-0.2, -0.15) is 0 Å². The number of hydrogen-bond donors (Lipinski definition) is 2. The number of carbonyl (C=O) groups excluding carboxylic acids is 2. The standard InChI is InChI=1S/C32H27N5O3S/c1-37-31(24-13-15-25(16-14-24)33-29(38)21-12-23-8-4-2-5-9-23)35-36-32(37)41-22-30(39)34-26-17-19-28(20-18-26)40-27-10-6-3-7-11-27/h2-21H,22H2,1H3,(H,33,38)(H,34,39)/b21-12+. The van der Waals surface area contributed by atoms with Crippen LogP contribution >= 0.6 is 11.8 Å². The molecule has 0 saturated heterocycles. The Morgan fingerprint density at radius 3 is 2.10 bits per heavy atom. The fourth-order valence-electron chi connectivity index (χ4n) is 3.87. The summed E-state index contributed by atoms with van der Waals surface area (Å²) in [4.78, 5) is 24.8. The first-order valence-corrected chi connectivity index (χ1v) is 13.8. The van der Waals surface area contributed by atoms with E-state index >= 15 is 0 Å². The van der Waals surface area contributed by atoms with Crippen LogP contribution in [0.1, 0.15) is 5.56 Å². The molecule has 9 heteroatoms. The molecule has 0 aliphatic heterocycles. The van der Waals surface area contributed by atoms with E-state index < -0.39 is 0 Å². The van der Waals surface area contributed by atoms with Crippen molar-refractivity contribution in [1.29, 1.82) is 0 Å². The first kappa shape index (κ1) is 27.4. The number of rotatable bonds is 10. The maximum atomic E-state index is 12.5. The second-order valence-corrected chi connectivity index (χ2v) is 9.89. The molecular formula is C32H27N5O3S. The lowest BCUT2D eigenvalue weighted by atomic mass is 10.2. The quantitative estimate of drug-likeness (QED) is 0.146. The van der Waals surface area contributed by atoms with Gasteiger partial charge in [0.1, 0.15) is 11.5 Å². The molecule has 0 unspecified atom stereocenters. The van der Waals surface area contributed by atoms with Gasteiger partial charge in [0.05, 0.1) is 5.75 Å². The average Bonchev–Trinajstić information content (AvgIpc) is 3.37. The van der Waals surface area contributed by atoms with Gasteiger partial charge in [-0.15, -0.1) is 10.2 Å². The van der Waals surface area contributed by atoms with Crippen LogP contribution < -0.4 is 15.4 Å². The molecule has 204 valence electrons. The molecule has 0 atom stereocenters. The lowest BCUT2D eigenvalue weighted by Crippen LogP contribution is -2.14. The van der Waals surface area contributed by atoms with E-state index in [1.54, 1.807) is 18.2 Å². The van der Waals surface area contributed by atoms with Crippen molar-refractivity contribution in [3.8, 4) is 22.9 Å². The second-order valence-electron chi connectivity index (χ2n) is 8.95. The molecule has 5 aromatic rings. The van der Waals surface area contributed by atoms with Crippen LogP contribution in [0.15, 0.2) is 120 Å². The van der Waals surface area contributed by atoms with E-state index in [9.17, 15) is 9.59 Å². The summed E-state index contributed by atoms with van der Waals surface area (Å²) in [5.74, 6) is 1.90. The third-order valence-electron chi connectivity index (χ3n) is 5.92. The Bertz CT molecular complexity index is 1640. The molecule has 2 amide bonds. The van der Waals surface area contributed by atoms with Crippen LogP contribution in [0, 0.1) is 0 Å². The molecule has 0 spiro atoms. The van der Waals surface area contributed by atoms with Crippen LogP contribution in [0.3, 0.4) is 0 Å². The van der Waals surface area contributed by atoms with Gasteiger partial charge in [0.25, 0.3) is 0 Å². The summed E-state index contributed by atoms with van der Waals surface area (Å²) >= 11 is 1.30. The van der Waals surface area contributed by atoms with Crippen molar-refractivity contribution in [2.45, 2.75) is 5.16 Å². The second kappa shape index (κ2) is 13.3. The molecular weight excluding hydrogens is 534 g/mol. The van der Waals surface area contributed by atoms with Crippen LogP contribution in [-0.4, -0.2) is 32.3 Å². The number of amides is 2. The van der Waals surface area contributed by atoms with Crippen molar-refractivity contribution >= 4 is 41.0 Å². The van der Waals surface area contributed by atoms with Gasteiger partial charge in [0.15, 0.2) is 11.0 Å². The highest BCUT2D eigenvalue weighted by Crippen LogP contribution is 2.25. The Balaban J connectivity index is 1.12. The third-order valence-corrected chi connectivity index (χ3v) is 6.94. The zero-order chi connectivity index (χ0) is 28.4. The van der Waals surface area contributed by atoms with Crippen LogP contribution in [0.4, 0.5) is 11.4 Å². The predicted molar refractivity (Wildman–Crippen MR) is 163 cm³/mol. The van der Waals surface area contributed by atoms with Crippen molar-refractivity contribution in [2.24, 2.45) is 7.05 Å². The normalized spacial score (nSPS) is 10.9. The molecule has 1 aromatic heterocycles. The Hall–Kier alpha value is -5.15. The number of thioether (sulfide) groups is 1. The molecule has 0 fully saturated rings. The van der Waals surface area contributed by atoms with Crippen molar-refractivity contribution < 1.29 is 14.3 Å². The fourth-order valence-corrected chi connectivity index (χ4v) is 4.58. The van der Waals surface area contributed by atoms with Gasteiger partial charge in [-0.3, -0.25) is 9.59 Å². The van der Waals surface area contributed by atoms with Gasteiger partial charge in [0, 0.05) is 30.1 Å². The molecule has 4 aromatic carbocycles. The van der Waals surface area contributed by atoms with Crippen LogP contribution in [-0.2, 0) is 16.6 Å². The van der Waals surface area contributed by atoms with E-state index in [0.29, 0.717) is 28.1 Å². The molecule has 0 bridgehead atoms. The molecule has 8 nitrogen and oxygen atoms in total. The minimum atomic E-state index is -0.214. The van der Waals surface area contributed by atoms with Crippen LogP contribution in [0.5, 0.6) is 11.5 Å². The van der Waals surface area contributed by atoms with E-state index in [1.807, 2.05) is 109 Å². The predicted octanol–water partition coefficient (Wildman–Crippen LogP) is 6.66. The van der Waals surface area contributed by atoms with Gasteiger partial charge in [-0.1, -0.05) is 60.3 Å². The monoisotopic (exact) mass is 561 g/mol. The lowest BCUT2D eigenvalue weighted by molar-refractivity contribution is -0.114. The first-order valence-electron chi connectivity index (χ1n) is 12.8. The maximum absolute atomic E-state index is 12.5. The number of ether oxygens (including phenoxy) is 1. The minimum absolute atomic E-state index is 0.155. The van der Waals surface area contributed by atoms with E-state index in [1.165, 1.54) is 17.8 Å². The van der Waals surface area contributed by atoms with E-state index in [4.69, 9.17) is 4.74 Å². The highest BCUT2D eigenvalue weighted by molar-refractivity contribution is 7.99. The number of anilines is 2. The molecule has 5 rings (SSSR count). The Kier molecular flexibility index (Phi) is 8.88. The summed E-state index contributed by atoms with van der Waals surface area (Å²) < 4.78 is 7.63. The molecule has 0 aliphatic carbocycles. The number of hydrogen-bond acceptors (Lipinski definition) is 6. The molecule has 1 heterocycles. The highest BCUT2D eigenvalue weighted by atomic mass is 32.2. The zero-order valence-electron chi connectivity index (χ0n) is 22.2. The summed E-state index contributed by atoms with van der Waals surface area (Å²) in [6, 6.07) is 33.7. The molecule has 0 saturated carbocycles. The van der Waals surface area contributed by atoms with Crippen molar-refractivity contribution in [1.82, 2.24) is 14.8 Å². The maximum Gasteiger partial charge on any atom is 0.248 e. The SMILES string of the molecule is Cn1c(SCC(=O)Nc2ccc(Oc3ccccc3)cc2)nnc1-c1ccc(NC(=O)/C=C/c2ccccc2)cc1. The topological polar surface area (TPSA) is 98.1 Å². The molecule has 0 radical (unpaired) electrons. The van der Waals surface area contributed by atoms with Crippen LogP contribution in [0.25, 0.3) is 17.5 Å². The third kappa shape index (κ3) is 7.71. The molecule has 41 heavy (non-hydrogen) atoms. The number of nitrogens with zero attached hydrogens (tertiary/aromatic N) is 3. The van der Waals surface area contributed by atoms with Gasteiger partial charge in [0.2, 0.25) is 11.8 Å². The van der Waals surface area contributed by atoms with Gasteiger partial charge < -0.3 is 19.9 Å². The molecule has 0 aliphatic rings. The number of aromatic nitrogens is 3. The fraction of sp³-hybridized carbons (Fsp3) is 0.0625. The van der Waals surface area contributed by atoms with Gasteiger partial charge >= 0.3 is 0 Å². The summed E-state index contributed by atoms with van der Waals surface area (Å²) in [5.41, 5.74) is 3.14. The van der Waals surface area contributed by atoms with E-state index in [-0.39, 0.29) is 17.6 Å². The van der Waals surface area contributed by atoms with Crippen LogP contribution in [0.2, 0.25) is 0 Å². The smallest absolute Gasteiger partial charge is 0.248 e. The zero-order valence-corrected chi connectivity index (χ0v) is 23.0. The summed E-state index contributed by atoms with van der Waals surface area (Å²) in [6.45, 7) is 0. The lowest BCUT2D eigenvalue weighted by Gasteiger charge is -2.08. The Morgan fingerprint density at radius 2 is 1.39 bits per heavy atom. The molecule has 2 N–H and O–H groups in total. The number of para-hydroxylation sites is 1. The van der Waals surface area contributed by atoms with E-state index in [0.717, 1.165) is 16.9 Å². The summed E-state index contributed by atoms with van der Waals surface area (Å²) in [5, 5.41) is 14.9. The minimum Gasteiger partial charge on any atom is -0.457 e. The van der Waals surface area contributed by atoms with Gasteiger partial charge in [-0.05, 0) is 72.3 Å². The Labute approximate surface area is 242 Å². The number of nitrogens with one attached hydrogen (secondary N) is 2. The summed E-state index contributed by atoms with van der Waals surface area (Å²) in [6.07, 6.45) is 3.27. The Morgan fingerprint density at radius 1 is 0.780 bits per heavy atom. The van der Waals surface area contributed by atoms with Crippen molar-refractivity contribution in [3.63, 3.8) is 0 Å². The largest absolute Gasteiger partial charge is 0.457 e. The van der Waals surface area contributed by atoms with Crippen molar-refractivity contribution in [3.05, 3.63) is 121 Å². The number of benzene rings is 4. The van der Waals surface area contributed by atoms with Gasteiger partial charge in [-0.25, -0.2) is 0 Å². The summed E-state index contributed by atoms with van der Waals surface area (Å²) in [7, 11) is 1.85. The average molecular weight is 562 g/mol. The van der Waals surface area contributed by atoms with Crippen molar-refractivity contribution in [2.75, 3.05) is 16.4 Å². The van der Waals surface area contributed by atoms with E-state index in [2.05, 4.69) is 20.8 Å². The number of carbonyl (C=O) groups is 2. The highest BCUT2D eigenvalue weighted by Gasteiger charge is 2.13. The first-order chi connectivity index (χ1) is 20.0.